The number of halogens is 3. The standard InChI is InChI=1S/C19H14F3N3O2S2/c1-9-2-4-11-14(6-9)29-18(24-11)25-16(26)8-15-17(27)23-12-7-10(19(20,21)22)3-5-13(12)28-15/h2-7,15H,8H2,1H3,(H,23,27)(H,24,25,26). The quantitative estimate of drug-likeness (QED) is 0.601. The number of carbonyl (C=O) groups is 2. The predicted octanol–water partition coefficient (Wildman–Crippen LogP) is 5.07. The molecule has 3 aromatic rings. The summed E-state index contributed by atoms with van der Waals surface area (Å²) in [6.07, 6.45) is -4.61. The Labute approximate surface area is 171 Å². The zero-order valence-corrected chi connectivity index (χ0v) is 16.6. The summed E-state index contributed by atoms with van der Waals surface area (Å²) in [7, 11) is 0. The highest BCUT2D eigenvalue weighted by atomic mass is 32.2. The molecule has 2 aromatic carbocycles. The fraction of sp³-hybridized carbons (Fsp3) is 0.211. The molecule has 0 fully saturated rings. The minimum absolute atomic E-state index is 0.105. The maximum absolute atomic E-state index is 12.8. The Morgan fingerprint density at radius 1 is 1.24 bits per heavy atom. The number of nitrogens with one attached hydrogen (secondary N) is 2. The molecule has 0 saturated heterocycles. The van der Waals surface area contributed by atoms with Gasteiger partial charge in [-0.05, 0) is 42.8 Å². The zero-order chi connectivity index (χ0) is 20.8. The van der Waals surface area contributed by atoms with Crippen molar-refractivity contribution in [3.63, 3.8) is 0 Å². The molecule has 0 aliphatic carbocycles. The molecule has 5 nitrogen and oxygen atoms in total. The van der Waals surface area contributed by atoms with Crippen molar-refractivity contribution in [2.24, 2.45) is 0 Å². The fourth-order valence-corrected chi connectivity index (χ4v) is 4.96. The minimum atomic E-state index is -4.49. The number of fused-ring (bicyclic) bond motifs is 2. The van der Waals surface area contributed by atoms with Crippen molar-refractivity contribution < 1.29 is 22.8 Å². The van der Waals surface area contributed by atoms with Gasteiger partial charge in [-0.2, -0.15) is 13.2 Å². The van der Waals surface area contributed by atoms with Crippen molar-refractivity contribution >= 4 is 55.9 Å². The van der Waals surface area contributed by atoms with E-state index in [1.807, 2.05) is 25.1 Å². The Balaban J connectivity index is 1.45. The molecule has 4 rings (SSSR count). The summed E-state index contributed by atoms with van der Waals surface area (Å²) in [5, 5.41) is 4.86. The summed E-state index contributed by atoms with van der Waals surface area (Å²) in [5.74, 6) is -0.888. The SMILES string of the molecule is Cc1ccc2nc(NC(=O)CC3Sc4ccc(C(F)(F)F)cc4NC3=O)sc2c1. The van der Waals surface area contributed by atoms with Gasteiger partial charge in [-0.3, -0.25) is 9.59 Å². The van der Waals surface area contributed by atoms with E-state index < -0.39 is 22.9 Å². The van der Waals surface area contributed by atoms with Crippen molar-refractivity contribution in [2.75, 3.05) is 10.6 Å². The molecule has 0 radical (unpaired) electrons. The number of hydrogen-bond donors (Lipinski definition) is 2. The molecule has 0 bridgehead atoms. The van der Waals surface area contributed by atoms with E-state index in [1.54, 1.807) is 0 Å². The lowest BCUT2D eigenvalue weighted by Crippen LogP contribution is -2.32. The molecule has 1 aromatic heterocycles. The number of benzene rings is 2. The average Bonchev–Trinajstić information content (AvgIpc) is 3.02. The molecule has 1 atom stereocenters. The lowest BCUT2D eigenvalue weighted by molar-refractivity contribution is -0.137. The van der Waals surface area contributed by atoms with Crippen molar-refractivity contribution in [1.82, 2.24) is 4.98 Å². The number of alkyl halides is 3. The van der Waals surface area contributed by atoms with Crippen LogP contribution in [0.4, 0.5) is 24.0 Å². The molecule has 2 heterocycles. The molecule has 1 aliphatic heterocycles. The monoisotopic (exact) mass is 437 g/mol. The van der Waals surface area contributed by atoms with Gasteiger partial charge in [0.15, 0.2) is 5.13 Å². The van der Waals surface area contributed by atoms with E-state index in [1.165, 1.54) is 17.4 Å². The Kier molecular flexibility index (Phi) is 4.99. The summed E-state index contributed by atoms with van der Waals surface area (Å²) in [5.41, 5.74) is 1.13. The van der Waals surface area contributed by atoms with Crippen LogP contribution in [0.2, 0.25) is 0 Å². The van der Waals surface area contributed by atoms with Crippen LogP contribution in [-0.4, -0.2) is 22.0 Å². The van der Waals surface area contributed by atoms with E-state index in [4.69, 9.17) is 0 Å². The number of carbonyl (C=O) groups excluding carboxylic acids is 2. The second-order valence-corrected chi connectivity index (χ2v) is 8.82. The number of aryl methyl sites for hydroxylation is 1. The molecule has 10 heteroatoms. The van der Waals surface area contributed by atoms with Crippen LogP contribution in [0.15, 0.2) is 41.3 Å². The van der Waals surface area contributed by atoms with E-state index in [0.29, 0.717) is 10.0 Å². The molecular formula is C19H14F3N3O2S2. The van der Waals surface area contributed by atoms with Gasteiger partial charge in [0, 0.05) is 11.3 Å². The van der Waals surface area contributed by atoms with Gasteiger partial charge in [-0.15, -0.1) is 11.8 Å². The van der Waals surface area contributed by atoms with Crippen LogP contribution in [0.25, 0.3) is 10.2 Å². The number of nitrogens with zero attached hydrogens (tertiary/aromatic N) is 1. The van der Waals surface area contributed by atoms with Crippen LogP contribution in [0, 0.1) is 6.92 Å². The van der Waals surface area contributed by atoms with Gasteiger partial charge in [-0.1, -0.05) is 17.4 Å². The van der Waals surface area contributed by atoms with Crippen LogP contribution < -0.4 is 10.6 Å². The number of rotatable bonds is 3. The summed E-state index contributed by atoms with van der Waals surface area (Å²) in [4.78, 5) is 29.5. The van der Waals surface area contributed by atoms with E-state index in [9.17, 15) is 22.8 Å². The normalized spacial score (nSPS) is 16.4. The third-order valence-corrected chi connectivity index (χ3v) is 6.50. The van der Waals surface area contributed by atoms with Gasteiger partial charge in [0.2, 0.25) is 11.8 Å². The Morgan fingerprint density at radius 2 is 2.03 bits per heavy atom. The first-order valence-electron chi connectivity index (χ1n) is 8.55. The average molecular weight is 437 g/mol. The third-order valence-electron chi connectivity index (χ3n) is 4.29. The number of hydrogen-bond acceptors (Lipinski definition) is 5. The Bertz CT molecular complexity index is 1130. The van der Waals surface area contributed by atoms with E-state index in [-0.39, 0.29) is 18.0 Å². The first-order chi connectivity index (χ1) is 13.7. The molecule has 1 unspecified atom stereocenters. The Hall–Kier alpha value is -2.59. The van der Waals surface area contributed by atoms with E-state index >= 15 is 0 Å². The fourth-order valence-electron chi connectivity index (χ4n) is 2.89. The highest BCUT2D eigenvalue weighted by molar-refractivity contribution is 8.01. The lowest BCUT2D eigenvalue weighted by Gasteiger charge is -2.24. The highest BCUT2D eigenvalue weighted by Crippen LogP contribution is 2.40. The number of thioether (sulfide) groups is 1. The smallest absolute Gasteiger partial charge is 0.324 e. The van der Waals surface area contributed by atoms with Crippen LogP contribution in [0.3, 0.4) is 0 Å². The molecule has 29 heavy (non-hydrogen) atoms. The second-order valence-electron chi connectivity index (χ2n) is 6.55. The van der Waals surface area contributed by atoms with Crippen LogP contribution in [-0.2, 0) is 15.8 Å². The van der Waals surface area contributed by atoms with Crippen molar-refractivity contribution in [1.29, 1.82) is 0 Å². The van der Waals surface area contributed by atoms with Crippen LogP contribution in [0.1, 0.15) is 17.5 Å². The molecule has 1 aliphatic rings. The van der Waals surface area contributed by atoms with Crippen molar-refractivity contribution in [3.05, 3.63) is 47.5 Å². The molecule has 0 saturated carbocycles. The minimum Gasteiger partial charge on any atom is -0.324 e. The zero-order valence-electron chi connectivity index (χ0n) is 15.0. The molecule has 150 valence electrons. The first kappa shape index (κ1) is 19.7. The van der Waals surface area contributed by atoms with Gasteiger partial charge in [0.05, 0.1) is 26.7 Å². The number of amides is 2. The topological polar surface area (TPSA) is 71.1 Å². The summed E-state index contributed by atoms with van der Waals surface area (Å²) < 4.78 is 39.4. The van der Waals surface area contributed by atoms with Crippen LogP contribution >= 0.6 is 23.1 Å². The van der Waals surface area contributed by atoms with Gasteiger partial charge >= 0.3 is 6.18 Å². The Morgan fingerprint density at radius 3 is 2.79 bits per heavy atom. The molecule has 2 amide bonds. The second kappa shape index (κ2) is 7.34. The largest absolute Gasteiger partial charge is 0.416 e. The highest BCUT2D eigenvalue weighted by Gasteiger charge is 2.34. The maximum atomic E-state index is 12.8. The van der Waals surface area contributed by atoms with Gasteiger partial charge in [-0.25, -0.2) is 4.98 Å². The van der Waals surface area contributed by atoms with Crippen LogP contribution in [0.5, 0.6) is 0 Å². The molecule has 0 spiro atoms. The first-order valence-corrected chi connectivity index (χ1v) is 10.2. The third kappa shape index (κ3) is 4.23. The van der Waals surface area contributed by atoms with E-state index in [2.05, 4.69) is 15.6 Å². The van der Waals surface area contributed by atoms with Gasteiger partial charge < -0.3 is 10.6 Å². The maximum Gasteiger partial charge on any atom is 0.416 e. The van der Waals surface area contributed by atoms with Gasteiger partial charge in [0.25, 0.3) is 0 Å². The number of thiazole rings is 1. The van der Waals surface area contributed by atoms with Gasteiger partial charge in [0.1, 0.15) is 0 Å². The van der Waals surface area contributed by atoms with Crippen molar-refractivity contribution in [2.45, 2.75) is 29.7 Å². The predicted molar refractivity (Wildman–Crippen MR) is 107 cm³/mol. The molecular weight excluding hydrogens is 423 g/mol. The summed E-state index contributed by atoms with van der Waals surface area (Å²) in [6, 6.07) is 8.94. The summed E-state index contributed by atoms with van der Waals surface area (Å²) >= 11 is 2.41. The van der Waals surface area contributed by atoms with E-state index in [0.717, 1.165) is 39.7 Å². The van der Waals surface area contributed by atoms with Crippen molar-refractivity contribution in [3.8, 4) is 0 Å². The summed E-state index contributed by atoms with van der Waals surface area (Å²) in [6.45, 7) is 1.96. The molecule has 2 N–H and O–H groups in total. The number of anilines is 2. The number of aromatic nitrogens is 1. The lowest BCUT2D eigenvalue weighted by atomic mass is 10.1.